The Kier molecular flexibility index (Phi) is 8.05. The zero-order valence-corrected chi connectivity index (χ0v) is 13.4. The van der Waals surface area contributed by atoms with Gasteiger partial charge < -0.3 is 21.5 Å². The molecule has 1 rings (SSSR count). The number of benzene rings is 1. The Morgan fingerprint density at radius 3 is 2.73 bits per heavy atom. The van der Waals surface area contributed by atoms with Crippen molar-refractivity contribution in [3.63, 3.8) is 0 Å². The highest BCUT2D eigenvalue weighted by Gasteiger charge is 2.14. The van der Waals surface area contributed by atoms with Gasteiger partial charge in [-0.1, -0.05) is 33.5 Å². The standard InChI is InChI=1S/C13H22BN4O3P/c15-7-2-1-6-11(13(19)22)17-18-12(16)9-4-3-5-10(8-9)14(20)21/h3-5,8,11,17,20-21H,1-2,6-7,15,22H2,(H2,16,18)/t11-/m0/s1. The molecule has 0 heterocycles. The van der Waals surface area contributed by atoms with E-state index >= 15 is 0 Å². The Bertz CT molecular complexity index is 528. The van der Waals surface area contributed by atoms with Gasteiger partial charge >= 0.3 is 7.12 Å². The van der Waals surface area contributed by atoms with Crippen molar-refractivity contribution >= 4 is 33.2 Å². The van der Waals surface area contributed by atoms with Gasteiger partial charge in [0.1, 0.15) is 6.04 Å². The fourth-order valence-electron chi connectivity index (χ4n) is 1.83. The second-order valence-electron chi connectivity index (χ2n) is 4.86. The smallest absolute Gasteiger partial charge is 0.423 e. The van der Waals surface area contributed by atoms with Gasteiger partial charge in [0.2, 0.25) is 0 Å². The van der Waals surface area contributed by atoms with Crippen LogP contribution in [0.4, 0.5) is 0 Å². The number of hydrogen-bond acceptors (Lipinski definition) is 6. The number of nitrogens with one attached hydrogen (secondary N) is 1. The van der Waals surface area contributed by atoms with Gasteiger partial charge in [-0.3, -0.25) is 10.2 Å². The van der Waals surface area contributed by atoms with Crippen LogP contribution < -0.4 is 22.4 Å². The molecule has 7 nitrogen and oxygen atoms in total. The maximum atomic E-state index is 11.5. The lowest BCUT2D eigenvalue weighted by molar-refractivity contribution is -0.113. The highest BCUT2D eigenvalue weighted by Crippen LogP contribution is 2.06. The zero-order valence-electron chi connectivity index (χ0n) is 12.3. The minimum atomic E-state index is -1.57. The van der Waals surface area contributed by atoms with Crippen LogP contribution in [-0.2, 0) is 4.79 Å². The summed E-state index contributed by atoms with van der Waals surface area (Å²) < 4.78 is 0. The molecule has 1 unspecified atom stereocenters. The Labute approximate surface area is 132 Å². The molecule has 0 aliphatic rings. The molecule has 0 amide bonds. The first-order valence-electron chi connectivity index (χ1n) is 7.00. The van der Waals surface area contributed by atoms with Gasteiger partial charge in [0.05, 0.1) is 0 Å². The van der Waals surface area contributed by atoms with E-state index in [0.717, 1.165) is 12.8 Å². The van der Waals surface area contributed by atoms with E-state index in [9.17, 15) is 4.79 Å². The van der Waals surface area contributed by atoms with Gasteiger partial charge in [0.25, 0.3) is 0 Å². The SMILES string of the molecule is NCCCC[C@H](NN=C(N)c1cccc(B(O)O)c1)C(=O)P. The monoisotopic (exact) mass is 324 g/mol. The van der Waals surface area contributed by atoms with E-state index < -0.39 is 13.2 Å². The second kappa shape index (κ2) is 9.53. The Hall–Kier alpha value is -1.47. The Morgan fingerprint density at radius 1 is 1.41 bits per heavy atom. The highest BCUT2D eigenvalue weighted by molar-refractivity contribution is 7.40. The number of nitrogens with zero attached hydrogens (tertiary/aromatic N) is 1. The van der Waals surface area contributed by atoms with Crippen LogP contribution in [0.3, 0.4) is 0 Å². The minimum Gasteiger partial charge on any atom is -0.423 e. The number of carbonyl (C=O) groups is 1. The first-order valence-corrected chi connectivity index (χ1v) is 7.58. The van der Waals surface area contributed by atoms with Crippen molar-refractivity contribution in [2.75, 3.05) is 6.54 Å². The quantitative estimate of drug-likeness (QED) is 0.0935. The molecule has 0 saturated carbocycles. The molecular weight excluding hydrogens is 302 g/mol. The third-order valence-electron chi connectivity index (χ3n) is 3.11. The van der Waals surface area contributed by atoms with Crippen LogP contribution in [0.2, 0.25) is 0 Å². The predicted octanol–water partition coefficient (Wildman–Crippen LogP) is -1.52. The summed E-state index contributed by atoms with van der Waals surface area (Å²) in [5, 5.41) is 22.3. The van der Waals surface area contributed by atoms with Crippen LogP contribution >= 0.6 is 9.24 Å². The summed E-state index contributed by atoms with van der Waals surface area (Å²) in [6, 6.07) is 5.99. The molecule has 9 heteroatoms. The van der Waals surface area contributed by atoms with E-state index in [1.807, 2.05) is 0 Å². The van der Waals surface area contributed by atoms with Gasteiger partial charge in [0.15, 0.2) is 11.4 Å². The van der Waals surface area contributed by atoms with Crippen LogP contribution in [0.25, 0.3) is 0 Å². The van der Waals surface area contributed by atoms with E-state index in [1.165, 1.54) is 6.07 Å². The number of nitrogens with two attached hydrogens (primary N) is 2. The number of hydrazone groups is 1. The lowest BCUT2D eigenvalue weighted by atomic mass is 9.79. The summed E-state index contributed by atoms with van der Waals surface area (Å²) in [4.78, 5) is 11.5. The molecule has 0 bridgehead atoms. The van der Waals surface area contributed by atoms with E-state index in [4.69, 9.17) is 21.5 Å². The minimum absolute atomic E-state index is 0.104. The zero-order chi connectivity index (χ0) is 16.5. The summed E-state index contributed by atoms with van der Waals surface area (Å²) in [7, 11) is 0.558. The van der Waals surface area contributed by atoms with Crippen LogP contribution in [-0.4, -0.2) is 41.1 Å². The molecule has 2 atom stereocenters. The van der Waals surface area contributed by atoms with Crippen molar-refractivity contribution in [2.24, 2.45) is 16.6 Å². The molecule has 1 aromatic carbocycles. The topological polar surface area (TPSA) is 134 Å². The molecular formula is C13H22BN4O3P. The van der Waals surface area contributed by atoms with E-state index in [1.54, 1.807) is 18.2 Å². The maximum absolute atomic E-state index is 11.5. The summed E-state index contributed by atoms with van der Waals surface area (Å²) in [6.45, 7) is 0.583. The number of amidine groups is 1. The summed E-state index contributed by atoms with van der Waals surface area (Å²) >= 11 is 0. The van der Waals surface area contributed by atoms with Crippen LogP contribution in [0.15, 0.2) is 29.4 Å². The van der Waals surface area contributed by atoms with Gasteiger partial charge in [-0.05, 0) is 31.3 Å². The van der Waals surface area contributed by atoms with Gasteiger partial charge in [-0.15, -0.1) is 0 Å². The molecule has 0 aliphatic carbocycles. The van der Waals surface area contributed by atoms with Crippen LogP contribution in [0, 0.1) is 0 Å². The average Bonchev–Trinajstić information content (AvgIpc) is 2.50. The molecule has 120 valence electrons. The van der Waals surface area contributed by atoms with Crippen LogP contribution in [0.5, 0.6) is 0 Å². The van der Waals surface area contributed by atoms with E-state index in [0.29, 0.717) is 24.0 Å². The third-order valence-corrected chi connectivity index (χ3v) is 3.51. The molecule has 22 heavy (non-hydrogen) atoms. The van der Waals surface area contributed by atoms with Crippen molar-refractivity contribution < 1.29 is 14.8 Å². The summed E-state index contributed by atoms with van der Waals surface area (Å²) in [5.41, 5.74) is 14.8. The van der Waals surface area contributed by atoms with Crippen molar-refractivity contribution in [3.8, 4) is 0 Å². The first kappa shape index (κ1) is 18.6. The molecule has 0 radical (unpaired) electrons. The molecule has 0 aromatic heterocycles. The van der Waals surface area contributed by atoms with Crippen molar-refractivity contribution in [1.82, 2.24) is 5.43 Å². The number of carbonyl (C=O) groups excluding carboxylic acids is 1. The van der Waals surface area contributed by atoms with Crippen LogP contribution in [0.1, 0.15) is 24.8 Å². The highest BCUT2D eigenvalue weighted by atomic mass is 31.0. The molecule has 1 aromatic rings. The molecule has 0 aliphatic heterocycles. The normalized spacial score (nSPS) is 12.8. The fraction of sp³-hybridized carbons (Fsp3) is 0.385. The number of hydrogen-bond donors (Lipinski definition) is 5. The summed E-state index contributed by atoms with van der Waals surface area (Å²) in [6.07, 6.45) is 2.27. The third kappa shape index (κ3) is 6.11. The predicted molar refractivity (Wildman–Crippen MR) is 91.5 cm³/mol. The molecule has 0 saturated heterocycles. The Morgan fingerprint density at radius 2 is 2.14 bits per heavy atom. The first-order chi connectivity index (χ1) is 10.5. The Balaban J connectivity index is 2.73. The van der Waals surface area contributed by atoms with E-state index in [-0.39, 0.29) is 11.4 Å². The lowest BCUT2D eigenvalue weighted by Crippen LogP contribution is -2.34. The second-order valence-corrected chi connectivity index (χ2v) is 5.43. The molecule has 7 N–H and O–H groups in total. The summed E-state index contributed by atoms with van der Waals surface area (Å²) in [5.74, 6) is 0.164. The van der Waals surface area contributed by atoms with Gasteiger partial charge in [-0.2, -0.15) is 5.10 Å². The van der Waals surface area contributed by atoms with Gasteiger partial charge in [0, 0.05) is 5.56 Å². The van der Waals surface area contributed by atoms with E-state index in [2.05, 4.69) is 19.8 Å². The van der Waals surface area contributed by atoms with Crippen molar-refractivity contribution in [3.05, 3.63) is 29.8 Å². The van der Waals surface area contributed by atoms with Crippen molar-refractivity contribution in [2.45, 2.75) is 25.3 Å². The lowest BCUT2D eigenvalue weighted by Gasteiger charge is -2.13. The van der Waals surface area contributed by atoms with Crippen molar-refractivity contribution in [1.29, 1.82) is 0 Å². The molecule has 0 fully saturated rings. The average molecular weight is 324 g/mol. The maximum Gasteiger partial charge on any atom is 0.488 e. The fourth-order valence-corrected chi connectivity index (χ4v) is 2.08. The molecule has 0 spiro atoms. The van der Waals surface area contributed by atoms with Gasteiger partial charge in [-0.25, -0.2) is 0 Å². The number of unbranched alkanes of at least 4 members (excludes halogenated alkanes) is 1. The number of rotatable bonds is 9. The largest absolute Gasteiger partial charge is 0.488 e.